The van der Waals surface area contributed by atoms with E-state index in [9.17, 15) is 0 Å². The molecular weight excluding hydrogens is 428 g/mol. The van der Waals surface area contributed by atoms with Crippen molar-refractivity contribution in [3.8, 4) is 0 Å². The smallest absolute Gasteiger partial charge is 0.229 e. The van der Waals surface area contributed by atoms with E-state index < -0.39 is 0 Å². The van der Waals surface area contributed by atoms with Gasteiger partial charge in [0.2, 0.25) is 5.95 Å². The van der Waals surface area contributed by atoms with Crippen molar-refractivity contribution in [3.05, 3.63) is 64.4 Å². The highest BCUT2D eigenvalue weighted by Crippen LogP contribution is 2.34. The molecule has 0 amide bonds. The Morgan fingerprint density at radius 3 is 2.86 bits per heavy atom. The number of aryl methyl sites for hydroxylation is 2. The fourth-order valence-electron chi connectivity index (χ4n) is 3.90. The second kappa shape index (κ2) is 7.15. The zero-order chi connectivity index (χ0) is 20.0. The van der Waals surface area contributed by atoms with Crippen molar-refractivity contribution in [2.45, 2.75) is 19.3 Å². The SMILES string of the molecule is CN(c1ccc2cn(C)nc2c1)c1nc(Nc2cccc(Br)c2)nc2c1CCC2. The fraction of sp³-hybridized carbons (Fsp3) is 0.227. The molecule has 4 aromatic rings. The molecule has 1 N–H and O–H groups in total. The summed E-state index contributed by atoms with van der Waals surface area (Å²) >= 11 is 3.52. The van der Waals surface area contributed by atoms with Gasteiger partial charge in [0, 0.05) is 47.1 Å². The highest BCUT2D eigenvalue weighted by atomic mass is 79.9. The topological polar surface area (TPSA) is 58.9 Å². The number of anilines is 4. The lowest BCUT2D eigenvalue weighted by molar-refractivity contribution is 0.779. The van der Waals surface area contributed by atoms with Crippen molar-refractivity contribution in [3.63, 3.8) is 0 Å². The highest BCUT2D eigenvalue weighted by molar-refractivity contribution is 9.10. The van der Waals surface area contributed by atoms with Gasteiger partial charge in [-0.3, -0.25) is 4.68 Å². The van der Waals surface area contributed by atoms with E-state index in [1.807, 2.05) is 42.2 Å². The molecule has 6 nitrogen and oxygen atoms in total. The minimum atomic E-state index is 0.629. The zero-order valence-corrected chi connectivity index (χ0v) is 17.9. The molecule has 1 aliphatic rings. The van der Waals surface area contributed by atoms with Crippen LogP contribution >= 0.6 is 15.9 Å². The second-order valence-electron chi connectivity index (χ2n) is 7.39. The van der Waals surface area contributed by atoms with Crippen LogP contribution in [-0.2, 0) is 19.9 Å². The molecule has 0 saturated heterocycles. The van der Waals surface area contributed by atoms with Crippen molar-refractivity contribution < 1.29 is 0 Å². The van der Waals surface area contributed by atoms with Crippen LogP contribution in [0.15, 0.2) is 53.1 Å². The largest absolute Gasteiger partial charge is 0.329 e. The quantitative estimate of drug-likeness (QED) is 0.469. The van der Waals surface area contributed by atoms with Gasteiger partial charge in [0.15, 0.2) is 0 Å². The van der Waals surface area contributed by atoms with Crippen LogP contribution in [0.3, 0.4) is 0 Å². The van der Waals surface area contributed by atoms with Gasteiger partial charge >= 0.3 is 0 Å². The molecule has 0 saturated carbocycles. The first-order valence-corrected chi connectivity index (χ1v) is 10.5. The summed E-state index contributed by atoms with van der Waals surface area (Å²) in [5.41, 5.74) is 5.39. The average molecular weight is 449 g/mol. The van der Waals surface area contributed by atoms with Gasteiger partial charge in [-0.2, -0.15) is 10.1 Å². The van der Waals surface area contributed by atoms with Crippen LogP contribution in [0.5, 0.6) is 0 Å². The first kappa shape index (κ1) is 18.1. The van der Waals surface area contributed by atoms with Crippen LogP contribution < -0.4 is 10.2 Å². The molecule has 0 aliphatic heterocycles. The minimum Gasteiger partial charge on any atom is -0.329 e. The summed E-state index contributed by atoms with van der Waals surface area (Å²) in [4.78, 5) is 11.8. The second-order valence-corrected chi connectivity index (χ2v) is 8.31. The Kier molecular flexibility index (Phi) is 4.47. The summed E-state index contributed by atoms with van der Waals surface area (Å²) in [5.74, 6) is 1.59. The number of benzene rings is 2. The molecule has 2 aromatic heterocycles. The van der Waals surface area contributed by atoms with Crippen molar-refractivity contribution in [2.24, 2.45) is 7.05 Å². The van der Waals surface area contributed by atoms with Gasteiger partial charge in [-0.1, -0.05) is 22.0 Å². The average Bonchev–Trinajstić information content (AvgIpc) is 3.31. The lowest BCUT2D eigenvalue weighted by Crippen LogP contribution is -2.15. The Hall–Kier alpha value is -2.93. The van der Waals surface area contributed by atoms with Gasteiger partial charge in [-0.25, -0.2) is 4.98 Å². The normalized spacial score (nSPS) is 12.9. The van der Waals surface area contributed by atoms with Gasteiger partial charge in [0.25, 0.3) is 0 Å². The number of hydrogen-bond donors (Lipinski definition) is 1. The third-order valence-electron chi connectivity index (χ3n) is 5.30. The van der Waals surface area contributed by atoms with E-state index >= 15 is 0 Å². The molecule has 0 atom stereocenters. The molecule has 0 radical (unpaired) electrons. The monoisotopic (exact) mass is 448 g/mol. The predicted molar refractivity (Wildman–Crippen MR) is 120 cm³/mol. The van der Waals surface area contributed by atoms with E-state index in [0.717, 1.165) is 57.5 Å². The Morgan fingerprint density at radius 1 is 1.10 bits per heavy atom. The van der Waals surface area contributed by atoms with E-state index in [1.54, 1.807) is 0 Å². The molecule has 0 unspecified atom stereocenters. The van der Waals surface area contributed by atoms with Crippen molar-refractivity contribution >= 4 is 50.0 Å². The van der Waals surface area contributed by atoms with Crippen molar-refractivity contribution in [2.75, 3.05) is 17.3 Å². The number of hydrogen-bond acceptors (Lipinski definition) is 5. The van der Waals surface area contributed by atoms with Gasteiger partial charge < -0.3 is 10.2 Å². The summed E-state index contributed by atoms with van der Waals surface area (Å²) in [6, 6.07) is 14.4. The highest BCUT2D eigenvalue weighted by Gasteiger charge is 2.22. The van der Waals surface area contributed by atoms with Gasteiger partial charge in [0.05, 0.1) is 11.2 Å². The van der Waals surface area contributed by atoms with Gasteiger partial charge in [-0.15, -0.1) is 0 Å². The standard InChI is InChI=1S/C22H21BrN6/c1-28-13-14-9-10-17(12-20(14)27-28)29(2)21-18-7-4-8-19(18)25-22(26-21)24-16-6-3-5-15(23)11-16/h3,5-6,9-13H,4,7-8H2,1-2H3,(H,24,25,26). The Balaban J connectivity index is 1.54. The van der Waals surface area contributed by atoms with Gasteiger partial charge in [-0.05, 0) is 55.7 Å². The van der Waals surface area contributed by atoms with E-state index in [2.05, 4.69) is 56.5 Å². The maximum absolute atomic E-state index is 4.89. The molecule has 2 heterocycles. The first-order valence-electron chi connectivity index (χ1n) is 9.66. The molecule has 2 aromatic carbocycles. The summed E-state index contributed by atoms with van der Waals surface area (Å²) in [6.07, 6.45) is 5.15. The molecule has 146 valence electrons. The number of nitrogens with zero attached hydrogens (tertiary/aromatic N) is 5. The summed E-state index contributed by atoms with van der Waals surface area (Å²) < 4.78 is 2.86. The third kappa shape index (κ3) is 3.46. The molecular formula is C22H21BrN6. The molecule has 29 heavy (non-hydrogen) atoms. The molecule has 0 spiro atoms. The lowest BCUT2D eigenvalue weighted by Gasteiger charge is -2.22. The van der Waals surface area contributed by atoms with Crippen LogP contribution in [0, 0.1) is 0 Å². The van der Waals surface area contributed by atoms with Crippen LogP contribution in [0.4, 0.5) is 23.1 Å². The third-order valence-corrected chi connectivity index (χ3v) is 5.80. The Bertz CT molecular complexity index is 1220. The van der Waals surface area contributed by atoms with Crippen LogP contribution in [0.2, 0.25) is 0 Å². The predicted octanol–water partition coefficient (Wildman–Crippen LogP) is 5.13. The maximum atomic E-state index is 4.89. The van der Waals surface area contributed by atoms with Gasteiger partial charge in [0.1, 0.15) is 5.82 Å². The molecule has 7 heteroatoms. The number of fused-ring (bicyclic) bond motifs is 2. The maximum Gasteiger partial charge on any atom is 0.229 e. The van der Waals surface area contributed by atoms with E-state index in [0.29, 0.717) is 5.95 Å². The van der Waals surface area contributed by atoms with E-state index in [4.69, 9.17) is 9.97 Å². The van der Waals surface area contributed by atoms with E-state index in [1.165, 1.54) is 5.56 Å². The summed E-state index contributed by atoms with van der Waals surface area (Å²) in [6.45, 7) is 0. The number of halogens is 1. The number of aromatic nitrogens is 4. The van der Waals surface area contributed by atoms with Crippen LogP contribution in [-0.4, -0.2) is 26.8 Å². The Labute approximate surface area is 177 Å². The first-order chi connectivity index (χ1) is 14.1. The summed E-state index contributed by atoms with van der Waals surface area (Å²) in [5, 5.41) is 9.04. The van der Waals surface area contributed by atoms with Crippen LogP contribution in [0.25, 0.3) is 10.9 Å². The van der Waals surface area contributed by atoms with Crippen molar-refractivity contribution in [1.29, 1.82) is 0 Å². The summed E-state index contributed by atoms with van der Waals surface area (Å²) in [7, 11) is 4.01. The fourth-order valence-corrected chi connectivity index (χ4v) is 4.30. The zero-order valence-electron chi connectivity index (χ0n) is 16.4. The van der Waals surface area contributed by atoms with E-state index in [-0.39, 0.29) is 0 Å². The molecule has 1 aliphatic carbocycles. The number of rotatable bonds is 4. The lowest BCUT2D eigenvalue weighted by atomic mass is 10.2. The molecule has 0 fully saturated rings. The molecule has 5 rings (SSSR count). The van der Waals surface area contributed by atoms with Crippen LogP contribution in [0.1, 0.15) is 17.7 Å². The Morgan fingerprint density at radius 2 is 2.00 bits per heavy atom. The minimum absolute atomic E-state index is 0.629. The number of nitrogens with one attached hydrogen (secondary N) is 1. The molecule has 0 bridgehead atoms. The van der Waals surface area contributed by atoms with Crippen molar-refractivity contribution in [1.82, 2.24) is 19.7 Å².